The van der Waals surface area contributed by atoms with E-state index >= 15 is 0 Å². The minimum atomic E-state index is -0.438. The maximum Gasteiger partial charge on any atom is 0.260 e. The molecule has 27 heavy (non-hydrogen) atoms. The fourth-order valence-electron chi connectivity index (χ4n) is 2.88. The maximum atomic E-state index is 12.7. The van der Waals surface area contributed by atoms with E-state index in [0.717, 1.165) is 34.2 Å². The quantitative estimate of drug-likeness (QED) is 0.457. The second-order valence-corrected chi connectivity index (χ2v) is 8.92. The molecule has 0 aliphatic heterocycles. The van der Waals surface area contributed by atoms with Crippen LogP contribution >= 0.6 is 23.1 Å². The summed E-state index contributed by atoms with van der Waals surface area (Å²) in [6, 6.07) is 7.15. The lowest BCUT2D eigenvalue weighted by molar-refractivity contribution is 0.100. The molecule has 142 valence electrons. The Balaban J connectivity index is 1.82. The molecular formula is C20H23N3O2S2. The Morgan fingerprint density at radius 1 is 1.33 bits per heavy atom. The van der Waals surface area contributed by atoms with Crippen LogP contribution in [0.5, 0.6) is 0 Å². The van der Waals surface area contributed by atoms with E-state index in [1.54, 1.807) is 23.5 Å². The molecule has 0 spiro atoms. The van der Waals surface area contributed by atoms with Crippen molar-refractivity contribution in [1.29, 1.82) is 0 Å². The molecule has 3 rings (SSSR count). The monoisotopic (exact) mass is 401 g/mol. The van der Waals surface area contributed by atoms with Gasteiger partial charge in [-0.15, -0.1) is 11.3 Å². The first-order chi connectivity index (χ1) is 12.9. The summed E-state index contributed by atoms with van der Waals surface area (Å²) in [6.07, 6.45) is 2.00. The summed E-state index contributed by atoms with van der Waals surface area (Å²) in [5, 5.41) is 1.36. The molecule has 1 atom stereocenters. The smallest absolute Gasteiger partial charge is 0.260 e. The van der Waals surface area contributed by atoms with Crippen molar-refractivity contribution in [2.45, 2.75) is 44.5 Å². The number of carbonyl (C=O) groups is 1. The fraction of sp³-hybridized carbons (Fsp3) is 0.350. The Morgan fingerprint density at radius 2 is 2.04 bits per heavy atom. The molecule has 0 saturated heterocycles. The molecule has 2 aromatic heterocycles. The van der Waals surface area contributed by atoms with E-state index in [4.69, 9.17) is 5.73 Å². The maximum absolute atomic E-state index is 12.7. The van der Waals surface area contributed by atoms with Crippen LogP contribution in [0, 0.1) is 12.8 Å². The third kappa shape index (κ3) is 4.42. The summed E-state index contributed by atoms with van der Waals surface area (Å²) in [5.74, 6) is 0.752. The molecule has 0 bridgehead atoms. The number of benzene rings is 1. The summed E-state index contributed by atoms with van der Waals surface area (Å²) >= 11 is 3.06. The van der Waals surface area contributed by atoms with Gasteiger partial charge in [-0.3, -0.25) is 9.59 Å². The van der Waals surface area contributed by atoms with Crippen molar-refractivity contribution >= 4 is 39.2 Å². The van der Waals surface area contributed by atoms with E-state index in [1.807, 2.05) is 12.1 Å². The molecule has 0 aliphatic carbocycles. The van der Waals surface area contributed by atoms with Crippen LogP contribution in [-0.4, -0.2) is 15.9 Å². The van der Waals surface area contributed by atoms with Gasteiger partial charge in [-0.05, 0) is 42.5 Å². The largest absolute Gasteiger partial charge is 0.366 e. The molecule has 0 aliphatic rings. The topological polar surface area (TPSA) is 88.8 Å². The summed E-state index contributed by atoms with van der Waals surface area (Å²) in [6.45, 7) is 6.44. The van der Waals surface area contributed by atoms with Crippen molar-refractivity contribution in [3.63, 3.8) is 0 Å². The lowest BCUT2D eigenvalue weighted by Gasteiger charge is -2.08. The summed E-state index contributed by atoms with van der Waals surface area (Å²) in [5.41, 5.74) is 7.85. The number of amides is 1. The first kappa shape index (κ1) is 19.6. The predicted molar refractivity (Wildman–Crippen MR) is 113 cm³/mol. The van der Waals surface area contributed by atoms with Crippen molar-refractivity contribution in [2.24, 2.45) is 11.7 Å². The molecule has 0 fully saturated rings. The molecule has 0 saturated carbocycles. The van der Waals surface area contributed by atoms with Crippen molar-refractivity contribution in [1.82, 2.24) is 9.97 Å². The highest BCUT2D eigenvalue weighted by Crippen LogP contribution is 2.31. The average molecular weight is 402 g/mol. The SMILES string of the molecule is CC[C@@H](C)Cc1c(C)sc2nc(SCc3ccc(C(N)=O)cc3)[nH]c(=O)c12. The van der Waals surface area contributed by atoms with Crippen LogP contribution in [0.4, 0.5) is 0 Å². The van der Waals surface area contributed by atoms with Gasteiger partial charge in [0.15, 0.2) is 5.16 Å². The van der Waals surface area contributed by atoms with E-state index in [1.165, 1.54) is 16.6 Å². The summed E-state index contributed by atoms with van der Waals surface area (Å²) < 4.78 is 0. The number of primary amides is 1. The van der Waals surface area contributed by atoms with Gasteiger partial charge < -0.3 is 10.7 Å². The van der Waals surface area contributed by atoms with E-state index < -0.39 is 5.91 Å². The average Bonchev–Trinajstić information content (AvgIpc) is 2.95. The van der Waals surface area contributed by atoms with Crippen LogP contribution in [0.25, 0.3) is 10.2 Å². The molecular weight excluding hydrogens is 378 g/mol. The molecule has 2 heterocycles. The Morgan fingerprint density at radius 3 is 2.67 bits per heavy atom. The number of aromatic nitrogens is 2. The van der Waals surface area contributed by atoms with E-state index in [-0.39, 0.29) is 5.56 Å². The van der Waals surface area contributed by atoms with Gasteiger partial charge in [-0.2, -0.15) is 0 Å². The zero-order chi connectivity index (χ0) is 19.6. The van der Waals surface area contributed by atoms with Crippen LogP contribution in [0.1, 0.15) is 46.6 Å². The second kappa shape index (κ2) is 8.27. The zero-order valence-corrected chi connectivity index (χ0v) is 17.3. The number of nitrogens with two attached hydrogens (primary N) is 1. The number of fused-ring (bicyclic) bond motifs is 1. The highest BCUT2D eigenvalue weighted by molar-refractivity contribution is 7.98. The van der Waals surface area contributed by atoms with Gasteiger partial charge in [0.2, 0.25) is 5.91 Å². The van der Waals surface area contributed by atoms with Gasteiger partial charge in [-0.1, -0.05) is 44.2 Å². The second-order valence-electron chi connectivity index (χ2n) is 6.76. The van der Waals surface area contributed by atoms with E-state index in [2.05, 4.69) is 30.7 Å². The molecule has 0 unspecified atom stereocenters. The number of hydrogen-bond acceptors (Lipinski definition) is 5. The van der Waals surface area contributed by atoms with Crippen LogP contribution < -0.4 is 11.3 Å². The lowest BCUT2D eigenvalue weighted by atomic mass is 9.98. The molecule has 0 radical (unpaired) electrons. The summed E-state index contributed by atoms with van der Waals surface area (Å²) in [7, 11) is 0. The Kier molecular flexibility index (Phi) is 6.01. The van der Waals surface area contributed by atoms with Gasteiger partial charge >= 0.3 is 0 Å². The minimum absolute atomic E-state index is 0.0609. The lowest BCUT2D eigenvalue weighted by Crippen LogP contribution is -2.11. The third-order valence-corrected chi connectivity index (χ3v) is 6.69. The van der Waals surface area contributed by atoms with Crippen LogP contribution in [0.2, 0.25) is 0 Å². The van der Waals surface area contributed by atoms with Crippen LogP contribution in [0.3, 0.4) is 0 Å². The number of nitrogens with one attached hydrogen (secondary N) is 1. The van der Waals surface area contributed by atoms with Gasteiger partial charge in [0, 0.05) is 16.2 Å². The Labute approximate surface area is 166 Å². The molecule has 1 aromatic carbocycles. The highest BCUT2D eigenvalue weighted by Gasteiger charge is 2.17. The first-order valence-electron chi connectivity index (χ1n) is 8.92. The number of aryl methyl sites for hydroxylation is 1. The van der Waals surface area contributed by atoms with Crippen LogP contribution in [0.15, 0.2) is 34.2 Å². The third-order valence-electron chi connectivity index (χ3n) is 4.70. The number of thioether (sulfide) groups is 1. The number of rotatable bonds is 7. The van der Waals surface area contributed by atoms with Gasteiger partial charge in [-0.25, -0.2) is 4.98 Å². The number of nitrogens with zero attached hydrogens (tertiary/aromatic N) is 1. The molecule has 3 N–H and O–H groups in total. The van der Waals surface area contributed by atoms with Crippen molar-refractivity contribution in [3.05, 3.63) is 56.2 Å². The zero-order valence-electron chi connectivity index (χ0n) is 15.7. The number of aromatic amines is 1. The first-order valence-corrected chi connectivity index (χ1v) is 10.7. The van der Waals surface area contributed by atoms with Gasteiger partial charge in [0.05, 0.1) is 5.39 Å². The van der Waals surface area contributed by atoms with Crippen molar-refractivity contribution in [3.8, 4) is 0 Å². The Hall–Kier alpha value is -2.12. The van der Waals surface area contributed by atoms with Gasteiger partial charge in [0.25, 0.3) is 5.56 Å². The van der Waals surface area contributed by atoms with Crippen LogP contribution in [-0.2, 0) is 12.2 Å². The summed E-state index contributed by atoms with van der Waals surface area (Å²) in [4.78, 5) is 33.4. The van der Waals surface area contributed by atoms with Crippen molar-refractivity contribution < 1.29 is 4.79 Å². The number of thiophene rings is 1. The number of hydrogen-bond donors (Lipinski definition) is 2. The highest BCUT2D eigenvalue weighted by atomic mass is 32.2. The fourth-order valence-corrected chi connectivity index (χ4v) is 4.81. The standard InChI is InChI=1S/C20H23N3O2S2/c1-4-11(2)9-15-12(3)27-19-16(15)18(25)22-20(23-19)26-10-13-5-7-14(8-6-13)17(21)24/h5-8,11H,4,9-10H2,1-3H3,(H2,21,24)(H,22,23,25)/t11-/m1/s1. The predicted octanol–water partition coefficient (Wildman–Crippen LogP) is 4.27. The number of H-pyrrole nitrogens is 1. The van der Waals surface area contributed by atoms with E-state index in [9.17, 15) is 9.59 Å². The molecule has 7 heteroatoms. The molecule has 1 amide bonds. The van der Waals surface area contributed by atoms with Crippen molar-refractivity contribution in [2.75, 3.05) is 0 Å². The molecule has 3 aromatic rings. The van der Waals surface area contributed by atoms with E-state index in [0.29, 0.717) is 22.4 Å². The minimum Gasteiger partial charge on any atom is -0.366 e. The Bertz CT molecular complexity index is 1020. The van der Waals surface area contributed by atoms with Gasteiger partial charge in [0.1, 0.15) is 4.83 Å². The number of carbonyl (C=O) groups excluding carboxylic acids is 1. The normalized spacial score (nSPS) is 12.4. The molecule has 5 nitrogen and oxygen atoms in total.